The lowest BCUT2D eigenvalue weighted by molar-refractivity contribution is 0.0179. The second-order valence-corrected chi connectivity index (χ2v) is 7.49. The number of rotatable bonds is 13. The molecule has 0 bridgehead atoms. The molecule has 5 nitrogen and oxygen atoms in total. The average Bonchev–Trinajstić information content (AvgIpc) is 2.68. The van der Waals surface area contributed by atoms with Crippen LogP contribution >= 0.6 is 0 Å². The van der Waals surface area contributed by atoms with Gasteiger partial charge in [0.1, 0.15) is 12.4 Å². The first-order valence-electron chi connectivity index (χ1n) is 10.1. The van der Waals surface area contributed by atoms with Crippen LogP contribution < -0.4 is 4.74 Å². The van der Waals surface area contributed by atoms with E-state index in [0.29, 0.717) is 39.6 Å². The zero-order valence-corrected chi connectivity index (χ0v) is 18.5. The highest BCUT2D eigenvalue weighted by atomic mass is 16.6. The van der Waals surface area contributed by atoms with Crippen LogP contribution in [0.5, 0.6) is 5.75 Å². The largest absolute Gasteiger partial charge is 0.491 e. The van der Waals surface area contributed by atoms with E-state index in [0.717, 1.165) is 12.3 Å². The van der Waals surface area contributed by atoms with E-state index in [9.17, 15) is 0 Å². The molecule has 0 aliphatic rings. The number of methoxy groups -OCH3 is 1. The second-order valence-electron chi connectivity index (χ2n) is 7.49. The van der Waals surface area contributed by atoms with Crippen molar-refractivity contribution >= 4 is 0 Å². The molecule has 0 radical (unpaired) electrons. The van der Waals surface area contributed by atoms with Gasteiger partial charge in [-0.3, -0.25) is 0 Å². The quantitative estimate of drug-likeness (QED) is 0.473. The van der Waals surface area contributed by atoms with Crippen molar-refractivity contribution in [2.45, 2.75) is 20.4 Å². The number of hydrogen-bond donors (Lipinski definition) is 0. The third-order valence-electron chi connectivity index (χ3n) is 4.47. The van der Waals surface area contributed by atoms with Crippen LogP contribution in [0.1, 0.15) is 16.7 Å². The predicted molar refractivity (Wildman–Crippen MR) is 118 cm³/mol. The monoisotopic (exact) mass is 401 g/mol. The topological polar surface area (TPSA) is 40.2 Å². The Morgan fingerprint density at radius 1 is 0.793 bits per heavy atom. The first-order chi connectivity index (χ1) is 14.0. The number of ether oxygens (including phenoxy) is 4. The molecule has 5 heteroatoms. The zero-order valence-electron chi connectivity index (χ0n) is 18.5. The van der Waals surface area contributed by atoms with Gasteiger partial charge in [0.05, 0.1) is 33.0 Å². The molecule has 0 saturated carbocycles. The van der Waals surface area contributed by atoms with Crippen molar-refractivity contribution in [3.8, 4) is 16.9 Å². The Kier molecular flexibility index (Phi) is 10.2. The van der Waals surface area contributed by atoms with Gasteiger partial charge in [0.25, 0.3) is 0 Å². The molecule has 0 heterocycles. The molecule has 0 N–H and O–H groups in total. The standard InChI is InChI=1S/C24H35NO4/c1-19-6-7-20(2)24(14-19)22-15-21(18-25(3)4)16-23(17-22)29-13-12-28-11-10-27-9-8-26-5/h6-7,14-17H,8-13,18H2,1-5H3. The van der Waals surface area contributed by atoms with E-state index >= 15 is 0 Å². The molecular formula is C24H35NO4. The summed E-state index contributed by atoms with van der Waals surface area (Å²) in [6.45, 7) is 8.51. The van der Waals surface area contributed by atoms with Gasteiger partial charge in [0, 0.05) is 13.7 Å². The van der Waals surface area contributed by atoms with Crippen LogP contribution in [0.15, 0.2) is 36.4 Å². The molecule has 0 saturated heterocycles. The summed E-state index contributed by atoms with van der Waals surface area (Å²) in [4.78, 5) is 2.17. The molecule has 0 atom stereocenters. The molecule has 2 aromatic carbocycles. The summed E-state index contributed by atoms with van der Waals surface area (Å²) in [5.41, 5.74) is 6.19. The van der Waals surface area contributed by atoms with Gasteiger partial charge in [-0.15, -0.1) is 0 Å². The van der Waals surface area contributed by atoms with E-state index in [1.54, 1.807) is 7.11 Å². The lowest BCUT2D eigenvalue weighted by atomic mass is 9.96. The molecule has 0 unspecified atom stereocenters. The number of hydrogen-bond acceptors (Lipinski definition) is 5. The Labute approximate surface area is 175 Å². The minimum atomic E-state index is 0.510. The van der Waals surface area contributed by atoms with E-state index in [-0.39, 0.29) is 0 Å². The minimum Gasteiger partial charge on any atom is -0.491 e. The maximum Gasteiger partial charge on any atom is 0.120 e. The Hall–Kier alpha value is -1.92. The van der Waals surface area contributed by atoms with Crippen LogP contribution in [-0.2, 0) is 20.8 Å². The van der Waals surface area contributed by atoms with Gasteiger partial charge in [-0.2, -0.15) is 0 Å². The fourth-order valence-corrected chi connectivity index (χ4v) is 3.09. The van der Waals surface area contributed by atoms with Crippen molar-refractivity contribution in [3.05, 3.63) is 53.1 Å². The number of nitrogens with zero attached hydrogens (tertiary/aromatic N) is 1. The zero-order chi connectivity index (χ0) is 21.1. The van der Waals surface area contributed by atoms with Crippen molar-refractivity contribution in [2.24, 2.45) is 0 Å². The van der Waals surface area contributed by atoms with E-state index < -0.39 is 0 Å². The minimum absolute atomic E-state index is 0.510. The molecule has 0 aliphatic carbocycles. The molecule has 0 aliphatic heterocycles. The van der Waals surface area contributed by atoms with E-state index in [2.05, 4.69) is 69.2 Å². The molecule has 0 aromatic heterocycles. The molecule has 29 heavy (non-hydrogen) atoms. The van der Waals surface area contributed by atoms with Crippen LogP contribution in [0.2, 0.25) is 0 Å². The van der Waals surface area contributed by atoms with Crippen molar-refractivity contribution in [3.63, 3.8) is 0 Å². The summed E-state index contributed by atoms with van der Waals surface area (Å²) in [5, 5.41) is 0. The second kappa shape index (κ2) is 12.6. The summed E-state index contributed by atoms with van der Waals surface area (Å²) < 4.78 is 21.9. The SMILES string of the molecule is COCCOCCOCCOc1cc(CN(C)C)cc(-c2cc(C)ccc2C)c1. The molecular weight excluding hydrogens is 366 g/mol. The molecule has 0 spiro atoms. The summed E-state index contributed by atoms with van der Waals surface area (Å²) in [6.07, 6.45) is 0. The highest BCUT2D eigenvalue weighted by Gasteiger charge is 2.08. The summed E-state index contributed by atoms with van der Waals surface area (Å²) in [6, 6.07) is 13.0. The molecule has 2 aromatic rings. The van der Waals surface area contributed by atoms with Crippen LogP contribution in [0.25, 0.3) is 11.1 Å². The lowest BCUT2D eigenvalue weighted by Crippen LogP contribution is -2.13. The first-order valence-corrected chi connectivity index (χ1v) is 10.1. The summed E-state index contributed by atoms with van der Waals surface area (Å²) >= 11 is 0. The molecule has 2 rings (SSSR count). The fraction of sp³-hybridized carbons (Fsp3) is 0.500. The van der Waals surface area contributed by atoms with E-state index in [1.807, 2.05) is 0 Å². The summed E-state index contributed by atoms with van der Waals surface area (Å²) in [5.74, 6) is 0.875. The normalized spacial score (nSPS) is 11.2. The van der Waals surface area contributed by atoms with Crippen LogP contribution in [0, 0.1) is 13.8 Å². The van der Waals surface area contributed by atoms with Gasteiger partial charge in [0.2, 0.25) is 0 Å². The highest BCUT2D eigenvalue weighted by molar-refractivity contribution is 5.70. The van der Waals surface area contributed by atoms with Gasteiger partial charge in [-0.25, -0.2) is 0 Å². The fourth-order valence-electron chi connectivity index (χ4n) is 3.09. The Bertz CT molecular complexity index is 746. The number of benzene rings is 2. The van der Waals surface area contributed by atoms with Gasteiger partial charge in [0.15, 0.2) is 0 Å². The maximum absolute atomic E-state index is 6.00. The summed E-state index contributed by atoms with van der Waals surface area (Å²) in [7, 11) is 5.82. The number of aryl methyl sites for hydroxylation is 2. The van der Waals surface area contributed by atoms with E-state index in [1.165, 1.54) is 27.8 Å². The molecule has 0 fully saturated rings. The third kappa shape index (κ3) is 8.54. The van der Waals surface area contributed by atoms with Gasteiger partial charge >= 0.3 is 0 Å². The average molecular weight is 402 g/mol. The van der Waals surface area contributed by atoms with Crippen LogP contribution in [-0.4, -0.2) is 65.7 Å². The smallest absolute Gasteiger partial charge is 0.120 e. The first kappa shape index (κ1) is 23.4. The third-order valence-corrected chi connectivity index (χ3v) is 4.47. The van der Waals surface area contributed by atoms with Gasteiger partial charge < -0.3 is 23.8 Å². The van der Waals surface area contributed by atoms with Crippen LogP contribution in [0.3, 0.4) is 0 Å². The highest BCUT2D eigenvalue weighted by Crippen LogP contribution is 2.30. The van der Waals surface area contributed by atoms with Crippen molar-refractivity contribution in [1.82, 2.24) is 4.90 Å². The Balaban J connectivity index is 1.97. The van der Waals surface area contributed by atoms with E-state index in [4.69, 9.17) is 18.9 Å². The van der Waals surface area contributed by atoms with Gasteiger partial charge in [-0.1, -0.05) is 23.8 Å². The lowest BCUT2D eigenvalue weighted by Gasteiger charge is -2.16. The predicted octanol–water partition coefficient (Wildman–Crippen LogP) is 4.09. The van der Waals surface area contributed by atoms with Crippen LogP contribution in [0.4, 0.5) is 0 Å². The van der Waals surface area contributed by atoms with Crippen molar-refractivity contribution in [1.29, 1.82) is 0 Å². The maximum atomic E-state index is 6.00. The molecule has 0 amide bonds. The Morgan fingerprint density at radius 3 is 2.17 bits per heavy atom. The van der Waals surface area contributed by atoms with Crippen molar-refractivity contribution < 1.29 is 18.9 Å². The molecule has 160 valence electrons. The van der Waals surface area contributed by atoms with Crippen molar-refractivity contribution in [2.75, 3.05) is 60.8 Å². The Morgan fingerprint density at radius 2 is 1.48 bits per heavy atom. The van der Waals surface area contributed by atoms with Gasteiger partial charge in [-0.05, 0) is 68.4 Å².